The molecule has 1 heterocycles. The van der Waals surface area contributed by atoms with Crippen LogP contribution in [-0.4, -0.2) is 16.5 Å². The first-order valence-corrected chi connectivity index (χ1v) is 8.35. The van der Waals surface area contributed by atoms with Gasteiger partial charge in [0.15, 0.2) is 5.82 Å². The maximum Gasteiger partial charge on any atom is 0.248 e. The quantitative estimate of drug-likeness (QED) is 0.700. The molecule has 25 heavy (non-hydrogen) atoms. The molecule has 2 aromatic carbocycles. The standard InChI is InChI=1S/C19H19ClN4O/c1-3-24(14-7-5-4-6-8-14)18-17(21)19(23-12-22-18)25-15-9-10-16(20)13(2)11-15/h4-12H,3,21H2,1-2H3. The van der Waals surface area contributed by atoms with Gasteiger partial charge in [0.05, 0.1) is 0 Å². The van der Waals surface area contributed by atoms with Gasteiger partial charge in [0.1, 0.15) is 17.8 Å². The average Bonchev–Trinajstić information content (AvgIpc) is 2.63. The minimum absolute atomic E-state index is 0.320. The van der Waals surface area contributed by atoms with Gasteiger partial charge >= 0.3 is 0 Å². The van der Waals surface area contributed by atoms with Crippen molar-refractivity contribution in [2.24, 2.45) is 0 Å². The molecule has 0 spiro atoms. The first kappa shape index (κ1) is 17.0. The largest absolute Gasteiger partial charge is 0.437 e. The predicted octanol–water partition coefficient (Wildman–Crippen LogP) is 4.97. The van der Waals surface area contributed by atoms with E-state index in [1.165, 1.54) is 6.33 Å². The molecule has 5 nitrogen and oxygen atoms in total. The highest BCUT2D eigenvalue weighted by atomic mass is 35.5. The fourth-order valence-electron chi connectivity index (χ4n) is 2.52. The van der Waals surface area contributed by atoms with Crippen LogP contribution in [0.3, 0.4) is 0 Å². The van der Waals surface area contributed by atoms with Crippen molar-refractivity contribution < 1.29 is 4.74 Å². The lowest BCUT2D eigenvalue weighted by molar-refractivity contribution is 0.464. The Morgan fingerprint density at radius 2 is 1.88 bits per heavy atom. The Labute approximate surface area is 152 Å². The molecule has 0 amide bonds. The number of aromatic nitrogens is 2. The Hall–Kier alpha value is -2.79. The third-order valence-corrected chi connectivity index (χ3v) is 4.23. The number of hydrogen-bond acceptors (Lipinski definition) is 5. The molecule has 0 bridgehead atoms. The summed E-state index contributed by atoms with van der Waals surface area (Å²) in [6.45, 7) is 4.67. The van der Waals surface area contributed by atoms with E-state index in [-0.39, 0.29) is 0 Å². The smallest absolute Gasteiger partial charge is 0.248 e. The Morgan fingerprint density at radius 3 is 2.56 bits per heavy atom. The molecular formula is C19H19ClN4O. The van der Waals surface area contributed by atoms with Crippen molar-refractivity contribution in [3.8, 4) is 11.6 Å². The van der Waals surface area contributed by atoms with E-state index in [1.54, 1.807) is 12.1 Å². The summed E-state index contributed by atoms with van der Waals surface area (Å²) in [5.74, 6) is 1.56. The van der Waals surface area contributed by atoms with Crippen LogP contribution in [0.4, 0.5) is 17.2 Å². The Kier molecular flexibility index (Phi) is 5.05. The van der Waals surface area contributed by atoms with Crippen LogP contribution in [0.15, 0.2) is 54.9 Å². The van der Waals surface area contributed by atoms with Crippen molar-refractivity contribution in [2.45, 2.75) is 13.8 Å². The van der Waals surface area contributed by atoms with E-state index in [4.69, 9.17) is 22.1 Å². The predicted molar refractivity (Wildman–Crippen MR) is 102 cm³/mol. The minimum atomic E-state index is 0.320. The van der Waals surface area contributed by atoms with E-state index in [1.807, 2.05) is 55.1 Å². The number of nitrogens with two attached hydrogens (primary N) is 1. The Bertz CT molecular complexity index is 871. The van der Waals surface area contributed by atoms with Crippen LogP contribution in [0.5, 0.6) is 11.6 Å². The number of aryl methyl sites for hydroxylation is 1. The van der Waals surface area contributed by atoms with Crippen LogP contribution < -0.4 is 15.4 Å². The van der Waals surface area contributed by atoms with E-state index in [2.05, 4.69) is 9.97 Å². The number of nitrogens with zero attached hydrogens (tertiary/aromatic N) is 3. The van der Waals surface area contributed by atoms with Gasteiger partial charge in [-0.2, -0.15) is 4.98 Å². The molecule has 0 saturated heterocycles. The summed E-state index contributed by atoms with van der Waals surface area (Å²) >= 11 is 6.06. The molecule has 0 aliphatic heterocycles. The maximum atomic E-state index is 6.30. The third kappa shape index (κ3) is 3.67. The number of hydrogen-bond donors (Lipinski definition) is 1. The molecule has 0 atom stereocenters. The molecule has 6 heteroatoms. The van der Waals surface area contributed by atoms with Gasteiger partial charge in [0.2, 0.25) is 5.88 Å². The molecule has 128 valence electrons. The molecule has 0 aliphatic rings. The number of halogens is 1. The lowest BCUT2D eigenvalue weighted by atomic mass is 10.2. The van der Waals surface area contributed by atoms with Crippen molar-refractivity contribution >= 4 is 28.8 Å². The Balaban J connectivity index is 1.95. The van der Waals surface area contributed by atoms with E-state index in [9.17, 15) is 0 Å². The van der Waals surface area contributed by atoms with Gasteiger partial charge < -0.3 is 15.4 Å². The van der Waals surface area contributed by atoms with Gasteiger partial charge in [0, 0.05) is 17.3 Å². The van der Waals surface area contributed by atoms with E-state index in [0.717, 1.165) is 11.3 Å². The fourth-order valence-corrected chi connectivity index (χ4v) is 2.64. The highest BCUT2D eigenvalue weighted by Gasteiger charge is 2.17. The highest BCUT2D eigenvalue weighted by molar-refractivity contribution is 6.31. The SMILES string of the molecule is CCN(c1ccccc1)c1ncnc(Oc2ccc(Cl)c(C)c2)c1N. The number of anilines is 3. The summed E-state index contributed by atoms with van der Waals surface area (Å²) in [4.78, 5) is 10.5. The van der Waals surface area contributed by atoms with Gasteiger partial charge in [-0.3, -0.25) is 0 Å². The van der Waals surface area contributed by atoms with Crippen LogP contribution >= 0.6 is 11.6 Å². The van der Waals surface area contributed by atoms with Gasteiger partial charge in [-0.15, -0.1) is 0 Å². The second-order valence-electron chi connectivity index (χ2n) is 5.51. The number of ether oxygens (including phenoxy) is 1. The van der Waals surface area contributed by atoms with Crippen LogP contribution in [0.2, 0.25) is 5.02 Å². The first-order valence-electron chi connectivity index (χ1n) is 7.97. The van der Waals surface area contributed by atoms with E-state index >= 15 is 0 Å². The monoisotopic (exact) mass is 354 g/mol. The summed E-state index contributed by atoms with van der Waals surface area (Å²) < 4.78 is 5.85. The van der Waals surface area contributed by atoms with Gasteiger partial charge in [-0.25, -0.2) is 4.98 Å². The topological polar surface area (TPSA) is 64.3 Å². The van der Waals surface area contributed by atoms with Gasteiger partial charge in [-0.1, -0.05) is 29.8 Å². The van der Waals surface area contributed by atoms with Crippen LogP contribution in [0, 0.1) is 6.92 Å². The van der Waals surface area contributed by atoms with E-state index < -0.39 is 0 Å². The molecule has 3 rings (SSSR count). The summed E-state index contributed by atoms with van der Waals surface area (Å²) in [6, 6.07) is 15.4. The lowest BCUT2D eigenvalue weighted by Crippen LogP contribution is -2.19. The summed E-state index contributed by atoms with van der Waals surface area (Å²) in [5.41, 5.74) is 8.61. The third-order valence-electron chi connectivity index (χ3n) is 3.81. The molecule has 2 N–H and O–H groups in total. The van der Waals surface area contributed by atoms with Gasteiger partial charge in [0.25, 0.3) is 0 Å². The fraction of sp³-hybridized carbons (Fsp3) is 0.158. The van der Waals surface area contributed by atoms with Gasteiger partial charge in [-0.05, 0) is 49.7 Å². The Morgan fingerprint density at radius 1 is 1.12 bits per heavy atom. The first-order chi connectivity index (χ1) is 12.1. The molecule has 0 fully saturated rings. The summed E-state index contributed by atoms with van der Waals surface area (Å²) in [6.07, 6.45) is 1.45. The second kappa shape index (κ2) is 7.40. The maximum absolute atomic E-state index is 6.30. The summed E-state index contributed by atoms with van der Waals surface area (Å²) in [5, 5.41) is 0.685. The molecular weight excluding hydrogens is 336 g/mol. The minimum Gasteiger partial charge on any atom is -0.437 e. The number of rotatable bonds is 5. The highest BCUT2D eigenvalue weighted by Crippen LogP contribution is 2.35. The van der Waals surface area contributed by atoms with Crippen molar-refractivity contribution in [1.82, 2.24) is 9.97 Å². The normalized spacial score (nSPS) is 10.5. The van der Waals surface area contributed by atoms with Crippen molar-refractivity contribution in [3.05, 3.63) is 65.4 Å². The zero-order chi connectivity index (χ0) is 17.8. The zero-order valence-electron chi connectivity index (χ0n) is 14.1. The number of benzene rings is 2. The molecule has 3 aromatic rings. The molecule has 0 saturated carbocycles. The molecule has 0 radical (unpaired) electrons. The van der Waals surface area contributed by atoms with Crippen LogP contribution in [0.1, 0.15) is 12.5 Å². The number of nitrogen functional groups attached to an aromatic ring is 1. The van der Waals surface area contributed by atoms with E-state index in [0.29, 0.717) is 34.7 Å². The van der Waals surface area contributed by atoms with Crippen molar-refractivity contribution in [2.75, 3.05) is 17.2 Å². The van der Waals surface area contributed by atoms with Crippen LogP contribution in [0.25, 0.3) is 0 Å². The molecule has 0 aliphatic carbocycles. The summed E-state index contributed by atoms with van der Waals surface area (Å²) in [7, 11) is 0. The van der Waals surface area contributed by atoms with Crippen LogP contribution in [-0.2, 0) is 0 Å². The number of para-hydroxylation sites is 1. The average molecular weight is 355 g/mol. The zero-order valence-corrected chi connectivity index (χ0v) is 14.9. The molecule has 0 unspecified atom stereocenters. The molecule has 1 aromatic heterocycles. The second-order valence-corrected chi connectivity index (χ2v) is 5.92. The van der Waals surface area contributed by atoms with Crippen molar-refractivity contribution in [3.63, 3.8) is 0 Å². The lowest BCUT2D eigenvalue weighted by Gasteiger charge is -2.23. The van der Waals surface area contributed by atoms with Crippen molar-refractivity contribution in [1.29, 1.82) is 0 Å².